The van der Waals surface area contributed by atoms with E-state index in [1.54, 1.807) is 12.0 Å². The molecule has 0 radical (unpaired) electrons. The van der Waals surface area contributed by atoms with E-state index >= 15 is 0 Å². The average molecular weight is 432 g/mol. The Balaban J connectivity index is 1.50. The summed E-state index contributed by atoms with van der Waals surface area (Å²) in [7, 11) is 3.51. The van der Waals surface area contributed by atoms with Gasteiger partial charge in [-0.2, -0.15) is 0 Å². The van der Waals surface area contributed by atoms with E-state index in [1.807, 2.05) is 67.7 Å². The first-order chi connectivity index (χ1) is 15.1. The lowest BCUT2D eigenvalue weighted by atomic mass is 10.2. The monoisotopic (exact) mass is 431 g/mol. The van der Waals surface area contributed by atoms with Crippen molar-refractivity contribution in [3.63, 3.8) is 0 Å². The van der Waals surface area contributed by atoms with Crippen LogP contribution in [0.25, 0.3) is 11.0 Å². The van der Waals surface area contributed by atoms with Gasteiger partial charge in [-0.1, -0.05) is 66.4 Å². The molecule has 6 heteroatoms. The number of ether oxygens (including phenoxy) is 1. The van der Waals surface area contributed by atoms with Crippen LogP contribution in [0.1, 0.15) is 11.1 Å². The van der Waals surface area contributed by atoms with Crippen molar-refractivity contribution in [3.05, 3.63) is 90.0 Å². The summed E-state index contributed by atoms with van der Waals surface area (Å²) in [4.78, 5) is 19.3. The Kier molecular flexibility index (Phi) is 6.57. The summed E-state index contributed by atoms with van der Waals surface area (Å²) in [5.41, 5.74) is 4.27. The fraction of sp³-hybridized carbons (Fsp3) is 0.200. The van der Waals surface area contributed by atoms with Gasteiger partial charge in [-0.05, 0) is 35.4 Å². The molecule has 4 rings (SSSR count). The zero-order valence-electron chi connectivity index (χ0n) is 17.7. The molecule has 0 unspecified atom stereocenters. The zero-order chi connectivity index (χ0) is 21.6. The maximum Gasteiger partial charge on any atom is 0.233 e. The van der Waals surface area contributed by atoms with Crippen molar-refractivity contribution >= 4 is 28.7 Å². The number of para-hydroxylation sites is 2. The van der Waals surface area contributed by atoms with E-state index in [2.05, 4.69) is 22.8 Å². The fourth-order valence-electron chi connectivity index (χ4n) is 3.41. The molecule has 0 aliphatic rings. The van der Waals surface area contributed by atoms with Gasteiger partial charge in [0.1, 0.15) is 5.75 Å². The highest BCUT2D eigenvalue weighted by Crippen LogP contribution is 2.26. The molecule has 3 aromatic carbocycles. The van der Waals surface area contributed by atoms with Crippen LogP contribution < -0.4 is 4.74 Å². The Morgan fingerprint density at radius 3 is 2.42 bits per heavy atom. The van der Waals surface area contributed by atoms with Gasteiger partial charge in [0.05, 0.1) is 30.4 Å². The molecular weight excluding hydrogens is 406 g/mol. The normalized spacial score (nSPS) is 10.9. The number of hydrogen-bond donors (Lipinski definition) is 0. The van der Waals surface area contributed by atoms with Gasteiger partial charge in [0.15, 0.2) is 5.16 Å². The highest BCUT2D eigenvalue weighted by molar-refractivity contribution is 7.99. The quantitative estimate of drug-likeness (QED) is 0.375. The Hall–Kier alpha value is -3.25. The van der Waals surface area contributed by atoms with Crippen molar-refractivity contribution in [3.8, 4) is 5.75 Å². The molecule has 158 valence electrons. The lowest BCUT2D eigenvalue weighted by Gasteiger charge is -2.17. The number of nitrogens with zero attached hydrogens (tertiary/aromatic N) is 3. The molecule has 4 aromatic rings. The molecule has 0 N–H and O–H groups in total. The van der Waals surface area contributed by atoms with E-state index in [0.717, 1.165) is 33.1 Å². The Bertz CT molecular complexity index is 1160. The number of fused-ring (bicyclic) bond motifs is 1. The van der Waals surface area contributed by atoms with Gasteiger partial charge in [-0.25, -0.2) is 4.98 Å². The summed E-state index contributed by atoms with van der Waals surface area (Å²) in [6.07, 6.45) is 0. The fourth-order valence-corrected chi connectivity index (χ4v) is 4.37. The van der Waals surface area contributed by atoms with Gasteiger partial charge in [0.2, 0.25) is 5.91 Å². The second-order valence-corrected chi connectivity index (χ2v) is 8.28. The van der Waals surface area contributed by atoms with Crippen LogP contribution in [0.15, 0.2) is 84.0 Å². The highest BCUT2D eigenvalue weighted by Gasteiger charge is 2.15. The van der Waals surface area contributed by atoms with Gasteiger partial charge in [0, 0.05) is 13.6 Å². The molecule has 0 fully saturated rings. The summed E-state index contributed by atoms with van der Waals surface area (Å²) in [5.74, 6) is 1.26. The maximum atomic E-state index is 12.7. The lowest BCUT2D eigenvalue weighted by molar-refractivity contribution is -0.127. The molecular formula is C25H25N3O2S. The van der Waals surface area contributed by atoms with E-state index in [9.17, 15) is 4.79 Å². The molecule has 0 atom stereocenters. The van der Waals surface area contributed by atoms with Crippen LogP contribution >= 0.6 is 11.8 Å². The average Bonchev–Trinajstić information content (AvgIpc) is 3.16. The number of hydrogen-bond acceptors (Lipinski definition) is 4. The minimum absolute atomic E-state index is 0.0805. The van der Waals surface area contributed by atoms with E-state index < -0.39 is 0 Å². The molecule has 0 spiro atoms. The number of rotatable bonds is 8. The molecule has 0 saturated carbocycles. The second kappa shape index (κ2) is 9.71. The first-order valence-electron chi connectivity index (χ1n) is 10.1. The number of carbonyl (C=O) groups is 1. The number of thioether (sulfide) groups is 1. The van der Waals surface area contributed by atoms with Gasteiger partial charge < -0.3 is 14.2 Å². The molecule has 0 saturated heterocycles. The third-order valence-corrected chi connectivity index (χ3v) is 6.09. The Morgan fingerprint density at radius 2 is 1.68 bits per heavy atom. The molecule has 0 aliphatic carbocycles. The Morgan fingerprint density at radius 1 is 0.968 bits per heavy atom. The minimum Gasteiger partial charge on any atom is -0.497 e. The predicted molar refractivity (Wildman–Crippen MR) is 125 cm³/mol. The summed E-state index contributed by atoms with van der Waals surface area (Å²) in [6, 6.07) is 26.1. The number of amides is 1. The van der Waals surface area contributed by atoms with Crippen molar-refractivity contribution < 1.29 is 9.53 Å². The molecule has 1 amide bonds. The van der Waals surface area contributed by atoms with E-state index in [1.165, 1.54) is 11.8 Å². The standard InChI is InChI=1S/C25H25N3O2S/c1-27(16-19-8-4-3-5-9-19)24(29)18-31-25-26-22-10-6-7-11-23(22)28(25)17-20-12-14-21(30-2)15-13-20/h3-15H,16-18H2,1-2H3. The zero-order valence-corrected chi connectivity index (χ0v) is 18.5. The third kappa shape index (κ3) is 5.09. The Labute approximate surface area is 186 Å². The first-order valence-corrected chi connectivity index (χ1v) is 11.1. The van der Waals surface area contributed by atoms with Crippen LogP contribution in [-0.4, -0.2) is 40.3 Å². The van der Waals surface area contributed by atoms with Crippen molar-refractivity contribution in [2.75, 3.05) is 19.9 Å². The topological polar surface area (TPSA) is 47.4 Å². The molecule has 31 heavy (non-hydrogen) atoms. The van der Waals surface area contributed by atoms with Crippen LogP contribution in [0.3, 0.4) is 0 Å². The summed E-state index contributed by atoms with van der Waals surface area (Å²) >= 11 is 1.48. The molecule has 5 nitrogen and oxygen atoms in total. The van der Waals surface area contributed by atoms with E-state index in [0.29, 0.717) is 18.8 Å². The maximum absolute atomic E-state index is 12.7. The summed E-state index contributed by atoms with van der Waals surface area (Å²) < 4.78 is 7.44. The molecule has 1 aromatic heterocycles. The van der Waals surface area contributed by atoms with E-state index in [4.69, 9.17) is 9.72 Å². The van der Waals surface area contributed by atoms with Crippen molar-refractivity contribution in [1.82, 2.24) is 14.5 Å². The van der Waals surface area contributed by atoms with Crippen LogP contribution in [0, 0.1) is 0 Å². The second-order valence-electron chi connectivity index (χ2n) is 7.34. The number of benzene rings is 3. The number of carbonyl (C=O) groups excluding carboxylic acids is 1. The SMILES string of the molecule is COc1ccc(Cn2c(SCC(=O)N(C)Cc3ccccc3)nc3ccccc32)cc1. The van der Waals surface area contributed by atoms with Crippen molar-refractivity contribution in [2.24, 2.45) is 0 Å². The van der Waals surface area contributed by atoms with Crippen molar-refractivity contribution in [2.45, 2.75) is 18.2 Å². The van der Waals surface area contributed by atoms with Crippen molar-refractivity contribution in [1.29, 1.82) is 0 Å². The number of imidazole rings is 1. The molecule has 1 heterocycles. The third-order valence-electron chi connectivity index (χ3n) is 5.13. The van der Waals surface area contributed by atoms with Gasteiger partial charge >= 0.3 is 0 Å². The van der Waals surface area contributed by atoms with Gasteiger partial charge in [-0.15, -0.1) is 0 Å². The smallest absolute Gasteiger partial charge is 0.233 e. The van der Waals surface area contributed by atoms with Crippen LogP contribution in [0.5, 0.6) is 5.75 Å². The minimum atomic E-state index is 0.0805. The van der Waals surface area contributed by atoms with Gasteiger partial charge in [0.25, 0.3) is 0 Å². The first kappa shape index (κ1) is 21.0. The molecule has 0 bridgehead atoms. The lowest BCUT2D eigenvalue weighted by Crippen LogP contribution is -2.27. The highest BCUT2D eigenvalue weighted by atomic mass is 32.2. The van der Waals surface area contributed by atoms with Crippen LogP contribution in [-0.2, 0) is 17.9 Å². The summed E-state index contributed by atoms with van der Waals surface area (Å²) in [6.45, 7) is 1.28. The molecule has 0 aliphatic heterocycles. The number of methoxy groups -OCH3 is 1. The predicted octanol–water partition coefficient (Wildman–Crippen LogP) is 4.84. The van der Waals surface area contributed by atoms with Crippen LogP contribution in [0.2, 0.25) is 0 Å². The van der Waals surface area contributed by atoms with Gasteiger partial charge in [-0.3, -0.25) is 4.79 Å². The number of aromatic nitrogens is 2. The van der Waals surface area contributed by atoms with E-state index in [-0.39, 0.29) is 5.91 Å². The summed E-state index contributed by atoms with van der Waals surface area (Å²) in [5, 5.41) is 0.846. The van der Waals surface area contributed by atoms with Crippen LogP contribution in [0.4, 0.5) is 0 Å². The largest absolute Gasteiger partial charge is 0.497 e.